The van der Waals surface area contributed by atoms with E-state index in [2.05, 4.69) is 4.72 Å². The Labute approximate surface area is 138 Å². The van der Waals surface area contributed by atoms with Crippen LogP contribution >= 0.6 is 34.8 Å². The van der Waals surface area contributed by atoms with Gasteiger partial charge in [0.25, 0.3) is 0 Å². The zero-order chi connectivity index (χ0) is 15.6. The number of hydrogen-bond acceptors (Lipinski definition) is 2. The van der Waals surface area contributed by atoms with Crippen molar-refractivity contribution in [2.24, 2.45) is 0 Å². The first-order valence-corrected chi connectivity index (χ1v) is 8.61. The summed E-state index contributed by atoms with van der Waals surface area (Å²) in [6, 6.07) is 9.49. The maximum absolute atomic E-state index is 12.2. The second-order valence-electron chi connectivity index (χ2n) is 4.47. The molecule has 0 spiro atoms. The minimum Gasteiger partial charge on any atom is -0.207 e. The minimum atomic E-state index is -3.66. The van der Waals surface area contributed by atoms with Gasteiger partial charge >= 0.3 is 0 Å². The van der Waals surface area contributed by atoms with E-state index in [1.807, 2.05) is 13.0 Å². The van der Waals surface area contributed by atoms with E-state index >= 15 is 0 Å². The molecule has 2 rings (SSSR count). The van der Waals surface area contributed by atoms with Crippen LogP contribution < -0.4 is 4.72 Å². The summed E-state index contributed by atoms with van der Waals surface area (Å²) in [5.41, 5.74) is 1.77. The highest BCUT2D eigenvalue weighted by Gasteiger charge is 2.15. The number of hydrogen-bond donors (Lipinski definition) is 1. The number of benzene rings is 2. The van der Waals surface area contributed by atoms with E-state index in [9.17, 15) is 8.42 Å². The first kappa shape index (κ1) is 16.6. The van der Waals surface area contributed by atoms with Gasteiger partial charge in [-0.05, 0) is 48.4 Å². The van der Waals surface area contributed by atoms with Gasteiger partial charge in [-0.15, -0.1) is 0 Å². The molecule has 112 valence electrons. The molecule has 3 nitrogen and oxygen atoms in total. The smallest absolute Gasteiger partial charge is 0.207 e. The number of sulfonamides is 1. The zero-order valence-electron chi connectivity index (χ0n) is 11.0. The Morgan fingerprint density at radius 1 is 1.00 bits per heavy atom. The van der Waals surface area contributed by atoms with Gasteiger partial charge < -0.3 is 0 Å². The lowest BCUT2D eigenvalue weighted by atomic mass is 10.1. The van der Waals surface area contributed by atoms with Crippen molar-refractivity contribution in [3.8, 4) is 0 Å². The summed E-state index contributed by atoms with van der Waals surface area (Å²) in [5, 5.41) is 1.06. The molecule has 0 aliphatic carbocycles. The second-order valence-corrected chi connectivity index (χ2v) is 7.49. The molecule has 0 aliphatic heterocycles. The highest BCUT2D eigenvalue weighted by molar-refractivity contribution is 7.89. The maximum Gasteiger partial charge on any atom is 0.240 e. The second kappa shape index (κ2) is 6.55. The zero-order valence-corrected chi connectivity index (χ0v) is 14.1. The Bertz CT molecular complexity index is 776. The topological polar surface area (TPSA) is 46.2 Å². The number of nitrogens with one attached hydrogen (secondary N) is 1. The summed E-state index contributed by atoms with van der Waals surface area (Å²) in [7, 11) is -3.66. The van der Waals surface area contributed by atoms with Crippen molar-refractivity contribution in [2.75, 3.05) is 0 Å². The molecule has 0 aromatic heterocycles. The standard InChI is InChI=1S/C14H12Cl3NO2S/c1-9-2-3-11(15)6-10(9)8-18-21(19,20)12-4-5-13(16)14(17)7-12/h2-7,18H,8H2,1H3. The van der Waals surface area contributed by atoms with E-state index in [0.717, 1.165) is 11.1 Å². The van der Waals surface area contributed by atoms with E-state index in [1.54, 1.807) is 12.1 Å². The van der Waals surface area contributed by atoms with Gasteiger partial charge in [0.1, 0.15) is 0 Å². The Hall–Kier alpha value is -0.780. The average Bonchev–Trinajstić information content (AvgIpc) is 2.43. The Morgan fingerprint density at radius 2 is 1.71 bits per heavy atom. The molecule has 0 saturated carbocycles. The lowest BCUT2D eigenvalue weighted by Crippen LogP contribution is -2.23. The molecule has 0 heterocycles. The molecule has 2 aromatic rings. The molecular weight excluding hydrogens is 353 g/mol. The van der Waals surface area contributed by atoms with Crippen molar-refractivity contribution in [1.29, 1.82) is 0 Å². The third-order valence-electron chi connectivity index (χ3n) is 2.97. The van der Waals surface area contributed by atoms with Gasteiger partial charge in [-0.1, -0.05) is 40.9 Å². The predicted molar refractivity (Wildman–Crippen MR) is 86.7 cm³/mol. The summed E-state index contributed by atoms with van der Waals surface area (Å²) < 4.78 is 27.0. The first-order valence-electron chi connectivity index (χ1n) is 5.99. The highest BCUT2D eigenvalue weighted by atomic mass is 35.5. The summed E-state index contributed by atoms with van der Waals surface area (Å²) in [6.07, 6.45) is 0. The molecule has 0 amide bonds. The normalized spacial score (nSPS) is 11.6. The molecule has 0 aliphatic rings. The van der Waals surface area contributed by atoms with Gasteiger partial charge in [-0.2, -0.15) is 0 Å². The van der Waals surface area contributed by atoms with Crippen LogP contribution in [0.2, 0.25) is 15.1 Å². The molecule has 0 saturated heterocycles. The van der Waals surface area contributed by atoms with Crippen LogP contribution in [-0.2, 0) is 16.6 Å². The lowest BCUT2D eigenvalue weighted by Gasteiger charge is -2.10. The van der Waals surface area contributed by atoms with Crippen molar-refractivity contribution in [2.45, 2.75) is 18.4 Å². The van der Waals surface area contributed by atoms with E-state index < -0.39 is 10.0 Å². The van der Waals surface area contributed by atoms with Crippen LogP contribution in [0.1, 0.15) is 11.1 Å². The summed E-state index contributed by atoms with van der Waals surface area (Å²) in [5.74, 6) is 0. The summed E-state index contributed by atoms with van der Waals surface area (Å²) in [4.78, 5) is 0.0663. The molecule has 21 heavy (non-hydrogen) atoms. The molecule has 2 aromatic carbocycles. The van der Waals surface area contributed by atoms with E-state index in [-0.39, 0.29) is 16.5 Å². The Balaban J connectivity index is 2.21. The van der Waals surface area contributed by atoms with Crippen molar-refractivity contribution in [3.05, 3.63) is 62.6 Å². The lowest BCUT2D eigenvalue weighted by molar-refractivity contribution is 0.581. The van der Waals surface area contributed by atoms with Gasteiger partial charge in [0.05, 0.1) is 14.9 Å². The minimum absolute atomic E-state index is 0.0663. The molecule has 0 atom stereocenters. The van der Waals surface area contributed by atoms with Crippen LogP contribution in [0.25, 0.3) is 0 Å². The largest absolute Gasteiger partial charge is 0.240 e. The summed E-state index contributed by atoms with van der Waals surface area (Å²) >= 11 is 17.5. The maximum atomic E-state index is 12.2. The summed E-state index contributed by atoms with van der Waals surface area (Å²) in [6.45, 7) is 2.04. The number of rotatable bonds is 4. The SMILES string of the molecule is Cc1ccc(Cl)cc1CNS(=O)(=O)c1ccc(Cl)c(Cl)c1. The van der Waals surface area contributed by atoms with E-state index in [4.69, 9.17) is 34.8 Å². The molecule has 0 bridgehead atoms. The highest BCUT2D eigenvalue weighted by Crippen LogP contribution is 2.25. The van der Waals surface area contributed by atoms with E-state index in [0.29, 0.717) is 10.0 Å². The molecule has 7 heteroatoms. The fourth-order valence-electron chi connectivity index (χ4n) is 1.73. The van der Waals surface area contributed by atoms with Crippen LogP contribution in [0.15, 0.2) is 41.3 Å². The molecule has 1 N–H and O–H groups in total. The van der Waals surface area contributed by atoms with Crippen LogP contribution in [0.5, 0.6) is 0 Å². The van der Waals surface area contributed by atoms with Gasteiger partial charge in [-0.3, -0.25) is 0 Å². The number of aryl methyl sites for hydroxylation is 1. The fourth-order valence-corrected chi connectivity index (χ4v) is 3.32. The quantitative estimate of drug-likeness (QED) is 0.872. The van der Waals surface area contributed by atoms with Crippen LogP contribution in [0.3, 0.4) is 0 Å². The molecule has 0 unspecified atom stereocenters. The third kappa shape index (κ3) is 4.11. The van der Waals surface area contributed by atoms with Gasteiger partial charge in [0, 0.05) is 11.6 Å². The van der Waals surface area contributed by atoms with Gasteiger partial charge in [0.15, 0.2) is 0 Å². The predicted octanol–water partition coefficient (Wildman–Crippen LogP) is 4.43. The average molecular weight is 365 g/mol. The first-order chi connectivity index (χ1) is 9.79. The van der Waals surface area contributed by atoms with Crippen molar-refractivity contribution >= 4 is 44.8 Å². The van der Waals surface area contributed by atoms with Crippen molar-refractivity contribution < 1.29 is 8.42 Å². The monoisotopic (exact) mass is 363 g/mol. The Morgan fingerprint density at radius 3 is 2.38 bits per heavy atom. The van der Waals surface area contributed by atoms with Gasteiger partial charge in [0.2, 0.25) is 10.0 Å². The molecule has 0 fully saturated rings. The van der Waals surface area contributed by atoms with Crippen molar-refractivity contribution in [1.82, 2.24) is 4.72 Å². The Kier molecular flexibility index (Phi) is 5.17. The third-order valence-corrected chi connectivity index (χ3v) is 5.34. The van der Waals surface area contributed by atoms with Crippen LogP contribution in [0.4, 0.5) is 0 Å². The van der Waals surface area contributed by atoms with Crippen LogP contribution in [-0.4, -0.2) is 8.42 Å². The van der Waals surface area contributed by atoms with Crippen LogP contribution in [0, 0.1) is 6.92 Å². The fraction of sp³-hybridized carbons (Fsp3) is 0.143. The van der Waals surface area contributed by atoms with Crippen molar-refractivity contribution in [3.63, 3.8) is 0 Å². The molecule has 0 radical (unpaired) electrons. The van der Waals surface area contributed by atoms with E-state index in [1.165, 1.54) is 18.2 Å². The molecular formula is C14H12Cl3NO2S. The van der Waals surface area contributed by atoms with Gasteiger partial charge in [-0.25, -0.2) is 13.1 Å². The number of halogens is 3.